The van der Waals surface area contributed by atoms with Gasteiger partial charge in [0.25, 0.3) is 0 Å². The molecule has 5 aliphatic rings. The van der Waals surface area contributed by atoms with Crippen molar-refractivity contribution in [3.8, 4) is 11.5 Å². The number of hydrogen-bond donors (Lipinski definition) is 0. The van der Waals surface area contributed by atoms with E-state index in [1.54, 1.807) is 6.92 Å². The van der Waals surface area contributed by atoms with Gasteiger partial charge in [-0.2, -0.15) is 0 Å². The number of Topliss-reactive ketones (excluding diaryl/α,β-unsaturated/α-hetero) is 1. The van der Waals surface area contributed by atoms with Crippen molar-refractivity contribution in [1.29, 1.82) is 0 Å². The molecule has 8 rings (SSSR count). The Balaban J connectivity index is 1.16. The maximum Gasteiger partial charge on any atom is 0.308 e. The van der Waals surface area contributed by atoms with Gasteiger partial charge in [-0.25, -0.2) is 0 Å². The lowest BCUT2D eigenvalue weighted by atomic mass is 9.51. The van der Waals surface area contributed by atoms with Crippen molar-refractivity contribution in [2.45, 2.75) is 127 Å². The molecule has 3 aromatic carbocycles. The highest BCUT2D eigenvalue weighted by atomic mass is 16.6. The molecule has 3 aromatic rings. The summed E-state index contributed by atoms with van der Waals surface area (Å²) in [6, 6.07) is 25.3. The van der Waals surface area contributed by atoms with Gasteiger partial charge >= 0.3 is 5.97 Å². The molecule has 0 aromatic heterocycles. The molecule has 2 heterocycles. The minimum Gasteiger partial charge on any atom is -0.483 e. The Hall–Kier alpha value is -3.97. The number of ketones is 1. The monoisotopic (exact) mass is 716 g/mol. The van der Waals surface area contributed by atoms with Crippen molar-refractivity contribution >= 4 is 17.7 Å². The first-order valence-corrected chi connectivity index (χ1v) is 20.5. The van der Waals surface area contributed by atoms with E-state index in [1.165, 1.54) is 67.7 Å². The van der Waals surface area contributed by atoms with E-state index in [0.29, 0.717) is 31.0 Å². The van der Waals surface area contributed by atoms with Crippen LogP contribution >= 0.6 is 0 Å². The molecule has 3 fully saturated rings. The van der Waals surface area contributed by atoms with E-state index in [4.69, 9.17) is 9.47 Å². The van der Waals surface area contributed by atoms with E-state index < -0.39 is 0 Å². The summed E-state index contributed by atoms with van der Waals surface area (Å²) in [5, 5.41) is 0. The van der Waals surface area contributed by atoms with Gasteiger partial charge in [-0.15, -0.1) is 0 Å². The van der Waals surface area contributed by atoms with Crippen LogP contribution in [0.15, 0.2) is 72.8 Å². The molecular weight excluding hydrogens is 661 g/mol. The number of benzene rings is 3. The van der Waals surface area contributed by atoms with Crippen molar-refractivity contribution in [2.75, 3.05) is 19.6 Å². The zero-order valence-electron chi connectivity index (χ0n) is 31.6. The van der Waals surface area contributed by atoms with Crippen molar-refractivity contribution in [1.82, 2.24) is 9.80 Å². The second-order valence-electron chi connectivity index (χ2n) is 16.7. The van der Waals surface area contributed by atoms with E-state index in [0.717, 1.165) is 51.0 Å². The van der Waals surface area contributed by atoms with Gasteiger partial charge in [0.05, 0.1) is 12.6 Å². The number of unbranched alkanes of at least 4 members (excludes halogenated alkanes) is 1. The van der Waals surface area contributed by atoms with Gasteiger partial charge < -0.3 is 14.4 Å². The summed E-state index contributed by atoms with van der Waals surface area (Å²) >= 11 is 0. The largest absolute Gasteiger partial charge is 0.483 e. The molecular formula is C46H56N2O5. The average Bonchev–Trinajstić information content (AvgIpc) is 3.52. The first kappa shape index (κ1) is 36.0. The van der Waals surface area contributed by atoms with Crippen LogP contribution in [0.3, 0.4) is 0 Å². The van der Waals surface area contributed by atoms with E-state index in [2.05, 4.69) is 76.5 Å². The standard InChI is InChI=1S/C46H56N2O5/c1-31(49)29-47-27-26-46-38-23-24-39(45(46)53-44-41(52-32(2)50)25-22-36(43(44)46)28-40(38)47)48(42(51)21-13-12-16-33-14-6-3-7-15-33)30-37(34-17-8-4-9-18-34)35-19-10-5-11-20-35/h4-5,8-11,17-20,22,25,33,37-40,45H,3,6-7,12-16,21,23-24,26-30H2,1-2H3/t38-,39+,40+,45-,46-/m0/s1. The number of carbonyl (C=O) groups is 3. The molecule has 2 aliphatic heterocycles. The van der Waals surface area contributed by atoms with E-state index in [1.807, 2.05) is 6.07 Å². The number of esters is 1. The summed E-state index contributed by atoms with van der Waals surface area (Å²) in [7, 11) is 0. The fourth-order valence-electron chi connectivity index (χ4n) is 11.3. The van der Waals surface area contributed by atoms with Crippen molar-refractivity contribution in [2.24, 2.45) is 11.8 Å². The van der Waals surface area contributed by atoms with E-state index in [9.17, 15) is 14.4 Å². The lowest BCUT2D eigenvalue weighted by molar-refractivity contribution is -0.144. The van der Waals surface area contributed by atoms with Crippen LogP contribution in [0.25, 0.3) is 0 Å². The third-order valence-corrected chi connectivity index (χ3v) is 13.5. The molecule has 1 amide bonds. The van der Waals surface area contributed by atoms with Gasteiger partial charge in [0.15, 0.2) is 11.5 Å². The Kier molecular flexibility index (Phi) is 10.5. The number of nitrogens with zero attached hydrogens (tertiary/aromatic N) is 2. The summed E-state index contributed by atoms with van der Waals surface area (Å²) < 4.78 is 13.0. The quantitative estimate of drug-likeness (QED) is 0.101. The zero-order chi connectivity index (χ0) is 36.5. The smallest absolute Gasteiger partial charge is 0.308 e. The van der Waals surface area contributed by atoms with Crippen LogP contribution in [-0.4, -0.2) is 65.3 Å². The first-order chi connectivity index (χ1) is 25.8. The third-order valence-electron chi connectivity index (χ3n) is 13.5. The van der Waals surface area contributed by atoms with Crippen LogP contribution in [0, 0.1) is 11.8 Å². The Labute approximate surface area is 315 Å². The topological polar surface area (TPSA) is 76.2 Å². The highest BCUT2D eigenvalue weighted by Crippen LogP contribution is 2.64. The fraction of sp³-hybridized carbons (Fsp3) is 0.543. The van der Waals surface area contributed by atoms with E-state index >= 15 is 0 Å². The molecule has 0 radical (unpaired) electrons. The summed E-state index contributed by atoms with van der Waals surface area (Å²) in [5.74, 6) is 2.31. The summed E-state index contributed by atoms with van der Waals surface area (Å²) in [6.07, 6.45) is 13.7. The van der Waals surface area contributed by atoms with Crippen LogP contribution in [-0.2, 0) is 26.2 Å². The molecule has 1 saturated heterocycles. The highest BCUT2D eigenvalue weighted by Gasteiger charge is 2.66. The SMILES string of the molecule is CC(=O)CN1CC[C@]23c4c5ccc(OC(C)=O)c4O[C@H]2[C@H](N(CC(c2ccccc2)c2ccccc2)C(=O)CCCCC2CCCCC2)CC[C@H]3[C@H]1C5. The molecule has 53 heavy (non-hydrogen) atoms. The maximum atomic E-state index is 14.9. The van der Waals surface area contributed by atoms with Gasteiger partial charge in [0, 0.05) is 42.8 Å². The zero-order valence-corrected chi connectivity index (χ0v) is 31.6. The predicted molar refractivity (Wildman–Crippen MR) is 206 cm³/mol. The minimum absolute atomic E-state index is 0.00581. The Bertz CT molecular complexity index is 1750. The Morgan fingerprint density at radius 3 is 2.28 bits per heavy atom. The van der Waals surface area contributed by atoms with Gasteiger partial charge in [-0.1, -0.05) is 112 Å². The summed E-state index contributed by atoms with van der Waals surface area (Å²) in [5.41, 5.74) is 4.49. The molecule has 0 N–H and O–H groups in total. The normalized spacial score (nSPS) is 26.1. The number of amides is 1. The van der Waals surface area contributed by atoms with Crippen LogP contribution in [0.2, 0.25) is 0 Å². The highest BCUT2D eigenvalue weighted by molar-refractivity contribution is 5.78. The molecule has 7 nitrogen and oxygen atoms in total. The first-order valence-electron chi connectivity index (χ1n) is 20.5. The third kappa shape index (κ3) is 6.95. The number of rotatable bonds is 13. The molecule has 7 heteroatoms. The number of piperidine rings is 1. The minimum atomic E-state index is -0.367. The number of ether oxygens (including phenoxy) is 2. The van der Waals surface area contributed by atoms with Crippen molar-refractivity contribution < 1.29 is 23.9 Å². The van der Waals surface area contributed by atoms with E-state index in [-0.39, 0.29) is 53.1 Å². The lowest BCUT2D eigenvalue weighted by Gasteiger charge is -2.60. The van der Waals surface area contributed by atoms with Crippen LogP contribution in [0.1, 0.15) is 119 Å². The second-order valence-corrected chi connectivity index (χ2v) is 16.7. The number of likely N-dealkylation sites (tertiary alicyclic amines) is 1. The number of hydrogen-bond acceptors (Lipinski definition) is 6. The van der Waals surface area contributed by atoms with Gasteiger partial charge in [0.1, 0.15) is 11.9 Å². The van der Waals surface area contributed by atoms with Crippen LogP contribution < -0.4 is 9.47 Å². The van der Waals surface area contributed by atoms with Crippen molar-refractivity contribution in [3.63, 3.8) is 0 Å². The average molecular weight is 717 g/mol. The van der Waals surface area contributed by atoms with Crippen LogP contribution in [0.4, 0.5) is 0 Å². The molecule has 280 valence electrons. The molecule has 3 aliphatic carbocycles. The van der Waals surface area contributed by atoms with Crippen molar-refractivity contribution in [3.05, 3.63) is 95.1 Å². The molecule has 2 saturated carbocycles. The molecule has 1 spiro atoms. The Morgan fingerprint density at radius 1 is 0.887 bits per heavy atom. The number of carbonyl (C=O) groups excluding carboxylic acids is 3. The predicted octanol–water partition coefficient (Wildman–Crippen LogP) is 8.41. The molecule has 2 bridgehead atoms. The fourth-order valence-corrected chi connectivity index (χ4v) is 11.3. The summed E-state index contributed by atoms with van der Waals surface area (Å²) in [6.45, 7) is 4.96. The maximum absolute atomic E-state index is 14.9. The van der Waals surface area contributed by atoms with Gasteiger partial charge in [-0.3, -0.25) is 19.3 Å². The van der Waals surface area contributed by atoms with Gasteiger partial charge in [0.2, 0.25) is 5.91 Å². The Morgan fingerprint density at radius 2 is 1.60 bits per heavy atom. The summed E-state index contributed by atoms with van der Waals surface area (Å²) in [4.78, 5) is 44.4. The van der Waals surface area contributed by atoms with Crippen LogP contribution in [0.5, 0.6) is 11.5 Å². The van der Waals surface area contributed by atoms with Gasteiger partial charge in [-0.05, 0) is 80.2 Å². The molecule has 5 atom stereocenters. The lowest BCUT2D eigenvalue weighted by Crippen LogP contribution is -2.69. The second kappa shape index (κ2) is 15.4. The molecule has 0 unspecified atom stereocenters.